The normalized spacial score (nSPS) is 20.2. The molecule has 7 nitrogen and oxygen atoms in total. The molecule has 2 atom stereocenters. The number of fused-ring (bicyclic) bond motifs is 6. The molecule has 3 heterocycles. The van der Waals surface area contributed by atoms with Crippen LogP contribution in [0.25, 0.3) is 16.5 Å². The molecule has 1 fully saturated rings. The fraction of sp³-hybridized carbons (Fsp3) is 0.174. The van der Waals surface area contributed by atoms with Crippen LogP contribution in [0.1, 0.15) is 24.2 Å². The second-order valence-corrected chi connectivity index (χ2v) is 9.96. The number of hydrogen-bond acceptors (Lipinski definition) is 4. The number of hydrogen-bond donors (Lipinski definition) is 1. The first-order valence-corrected chi connectivity index (χ1v) is 11.6. The summed E-state index contributed by atoms with van der Waals surface area (Å²) in [5, 5.41) is 12.8. The zero-order valence-corrected chi connectivity index (χ0v) is 17.5. The Labute approximate surface area is 182 Å². The van der Waals surface area contributed by atoms with E-state index in [1.807, 2.05) is 30.3 Å². The number of sulfonamides is 1. The summed E-state index contributed by atoms with van der Waals surface area (Å²) in [4.78, 5) is 12.9. The fourth-order valence-corrected chi connectivity index (χ4v) is 6.78. The highest BCUT2D eigenvalue weighted by molar-refractivity contribution is 7.89. The second-order valence-electron chi connectivity index (χ2n) is 8.11. The number of aromatic nitrogens is 2. The van der Waals surface area contributed by atoms with Crippen molar-refractivity contribution in [3.8, 4) is 11.6 Å². The molecule has 32 heavy (non-hydrogen) atoms. The molecule has 2 aliphatic rings. The van der Waals surface area contributed by atoms with Crippen LogP contribution in [0.3, 0.4) is 0 Å². The molecule has 0 aliphatic carbocycles. The third-order valence-electron chi connectivity index (χ3n) is 6.44. The van der Waals surface area contributed by atoms with Crippen LogP contribution >= 0.6 is 0 Å². The Morgan fingerprint density at radius 3 is 2.50 bits per heavy atom. The maximum absolute atomic E-state index is 14.3. The van der Waals surface area contributed by atoms with Crippen molar-refractivity contribution in [2.75, 3.05) is 6.54 Å². The van der Waals surface area contributed by atoms with Gasteiger partial charge in [-0.25, -0.2) is 22.2 Å². The molecule has 0 saturated carbocycles. The molecule has 9 heteroatoms. The van der Waals surface area contributed by atoms with Gasteiger partial charge in [0.25, 0.3) is 0 Å². The molecule has 1 aromatic heterocycles. The van der Waals surface area contributed by atoms with Crippen molar-refractivity contribution in [2.24, 2.45) is 0 Å². The lowest BCUT2D eigenvalue weighted by Crippen LogP contribution is -2.38. The third-order valence-corrected chi connectivity index (χ3v) is 8.35. The zero-order valence-electron chi connectivity index (χ0n) is 16.7. The fourth-order valence-electron chi connectivity index (χ4n) is 5.07. The van der Waals surface area contributed by atoms with Crippen LogP contribution in [0.2, 0.25) is 0 Å². The molecule has 1 saturated heterocycles. The topological polar surface area (TPSA) is 84.5 Å². The smallest absolute Gasteiger partial charge is 0.336 e. The minimum absolute atomic E-state index is 0.0488. The van der Waals surface area contributed by atoms with E-state index in [4.69, 9.17) is 0 Å². The molecular formula is C23H18FN3O4S. The summed E-state index contributed by atoms with van der Waals surface area (Å²) >= 11 is 0. The van der Waals surface area contributed by atoms with Crippen molar-refractivity contribution in [1.29, 1.82) is 0 Å². The molecule has 4 aromatic rings. The number of halogens is 1. The lowest BCUT2D eigenvalue weighted by Gasteiger charge is -2.27. The first-order chi connectivity index (χ1) is 15.4. The lowest BCUT2D eigenvalue weighted by molar-refractivity contribution is 0.341. The zero-order chi connectivity index (χ0) is 22.2. The van der Waals surface area contributed by atoms with E-state index in [9.17, 15) is 22.7 Å². The molecule has 6 rings (SSSR count). The molecule has 1 N–H and O–H groups in total. The van der Waals surface area contributed by atoms with Crippen LogP contribution in [-0.2, 0) is 10.0 Å². The second kappa shape index (κ2) is 6.54. The van der Waals surface area contributed by atoms with Gasteiger partial charge in [0.2, 0.25) is 15.9 Å². The Morgan fingerprint density at radius 2 is 1.69 bits per heavy atom. The summed E-state index contributed by atoms with van der Waals surface area (Å²) in [6.07, 6.45) is 0.363. The Kier molecular flexibility index (Phi) is 3.94. The summed E-state index contributed by atoms with van der Waals surface area (Å²) in [6.45, 7) is 0.0488. The summed E-state index contributed by atoms with van der Waals surface area (Å²) < 4.78 is 44.6. The lowest BCUT2D eigenvalue weighted by atomic mass is 10.1. The van der Waals surface area contributed by atoms with Crippen LogP contribution in [0.5, 0.6) is 5.88 Å². The van der Waals surface area contributed by atoms with E-state index in [2.05, 4.69) is 0 Å². The predicted octanol–water partition coefficient (Wildman–Crippen LogP) is 3.33. The minimum Gasteiger partial charge on any atom is -0.493 e. The van der Waals surface area contributed by atoms with Crippen LogP contribution in [-0.4, -0.2) is 33.5 Å². The highest BCUT2D eigenvalue weighted by Gasteiger charge is 2.52. The van der Waals surface area contributed by atoms with E-state index in [0.29, 0.717) is 12.1 Å². The van der Waals surface area contributed by atoms with Crippen molar-refractivity contribution in [2.45, 2.75) is 23.4 Å². The van der Waals surface area contributed by atoms with Crippen LogP contribution in [0.15, 0.2) is 76.4 Å². The average Bonchev–Trinajstić information content (AvgIpc) is 3.45. The van der Waals surface area contributed by atoms with Gasteiger partial charge < -0.3 is 5.11 Å². The van der Waals surface area contributed by atoms with E-state index in [0.717, 1.165) is 16.8 Å². The Balaban J connectivity index is 1.51. The van der Waals surface area contributed by atoms with Crippen molar-refractivity contribution >= 4 is 20.8 Å². The summed E-state index contributed by atoms with van der Waals surface area (Å²) in [5.41, 5.74) is 0.360. The van der Waals surface area contributed by atoms with Crippen LogP contribution < -0.4 is 5.69 Å². The number of benzene rings is 3. The first-order valence-electron chi connectivity index (χ1n) is 10.2. The first kappa shape index (κ1) is 19.3. The number of imidazole rings is 1. The molecule has 0 amide bonds. The van der Waals surface area contributed by atoms with Crippen molar-refractivity contribution in [1.82, 2.24) is 13.4 Å². The van der Waals surface area contributed by atoms with E-state index in [-0.39, 0.29) is 18.1 Å². The number of rotatable bonds is 3. The molecule has 162 valence electrons. The van der Waals surface area contributed by atoms with Gasteiger partial charge in [0.1, 0.15) is 16.4 Å². The Hall–Kier alpha value is -3.43. The van der Waals surface area contributed by atoms with Crippen molar-refractivity contribution < 1.29 is 17.9 Å². The van der Waals surface area contributed by atoms with E-state index in [1.165, 1.54) is 31.6 Å². The van der Waals surface area contributed by atoms with Gasteiger partial charge in [0, 0.05) is 11.9 Å². The molecule has 0 unspecified atom stereocenters. The van der Waals surface area contributed by atoms with Gasteiger partial charge >= 0.3 is 5.69 Å². The third kappa shape index (κ3) is 2.43. The van der Waals surface area contributed by atoms with E-state index < -0.39 is 38.5 Å². The highest BCUT2D eigenvalue weighted by atomic mass is 32.2. The van der Waals surface area contributed by atoms with Crippen LogP contribution in [0, 0.1) is 5.82 Å². The Morgan fingerprint density at radius 1 is 0.969 bits per heavy atom. The van der Waals surface area contributed by atoms with Crippen LogP contribution in [0.4, 0.5) is 4.39 Å². The van der Waals surface area contributed by atoms with E-state index >= 15 is 0 Å². The van der Waals surface area contributed by atoms with Gasteiger partial charge in [-0.2, -0.15) is 4.31 Å². The van der Waals surface area contributed by atoms with Crippen molar-refractivity contribution in [3.05, 3.63) is 88.7 Å². The van der Waals surface area contributed by atoms with Gasteiger partial charge in [-0.3, -0.25) is 4.57 Å². The summed E-state index contributed by atoms with van der Waals surface area (Å²) in [6, 6.07) is 17.0. The molecule has 2 bridgehead atoms. The molecule has 0 spiro atoms. The van der Waals surface area contributed by atoms with Gasteiger partial charge in [-0.05, 0) is 30.0 Å². The molecule has 2 aliphatic heterocycles. The van der Waals surface area contributed by atoms with Gasteiger partial charge in [0.05, 0.1) is 17.8 Å². The summed E-state index contributed by atoms with van der Waals surface area (Å²) in [5.74, 6) is -1.11. The molecular weight excluding hydrogens is 433 g/mol. The van der Waals surface area contributed by atoms with Gasteiger partial charge in [-0.1, -0.05) is 48.5 Å². The largest absolute Gasteiger partial charge is 0.493 e. The highest BCUT2D eigenvalue weighted by Crippen LogP contribution is 2.50. The molecule has 3 aromatic carbocycles. The monoisotopic (exact) mass is 451 g/mol. The Bertz CT molecular complexity index is 1570. The SMILES string of the molecule is O=c1n(-c2cccc3ccccc23)c(O)c2n1[C@H]1C[C@@H]2N(S(=O)(=O)c2ccccc2F)C1. The maximum atomic E-state index is 14.3. The quantitative estimate of drug-likeness (QED) is 0.518. The maximum Gasteiger partial charge on any atom is 0.336 e. The standard InChI is InChI=1S/C23H18FN3O4S/c24-17-9-3-4-11-20(17)32(30,31)25-13-15-12-19(25)21-22(28)27(23(29)26(15)21)18-10-5-7-14-6-1-2-8-16(14)18/h1-11,15,19,28H,12-13H2/t15-,19-/m0/s1. The number of nitrogens with zero attached hydrogens (tertiary/aromatic N) is 3. The van der Waals surface area contributed by atoms with Gasteiger partial charge in [0.15, 0.2) is 0 Å². The molecule has 0 radical (unpaired) electrons. The average molecular weight is 451 g/mol. The summed E-state index contributed by atoms with van der Waals surface area (Å²) in [7, 11) is -4.14. The van der Waals surface area contributed by atoms with Gasteiger partial charge in [-0.15, -0.1) is 0 Å². The number of aromatic hydroxyl groups is 1. The minimum atomic E-state index is -4.14. The predicted molar refractivity (Wildman–Crippen MR) is 116 cm³/mol. The van der Waals surface area contributed by atoms with E-state index in [1.54, 1.807) is 12.1 Å². The van der Waals surface area contributed by atoms with Crippen molar-refractivity contribution in [3.63, 3.8) is 0 Å².